The number of aliphatic carboxylic acids is 1. The average molecular weight is 314 g/mol. The lowest BCUT2D eigenvalue weighted by Crippen LogP contribution is -2.03. The highest BCUT2D eigenvalue weighted by Gasteiger charge is 2.15. The van der Waals surface area contributed by atoms with Gasteiger partial charge < -0.3 is 14.9 Å². The Kier molecular flexibility index (Phi) is 5.01. The zero-order chi connectivity index (χ0) is 17.0. The highest BCUT2D eigenvalue weighted by Crippen LogP contribution is 2.34. The number of hydrogen-bond acceptors (Lipinski definition) is 3. The summed E-state index contributed by atoms with van der Waals surface area (Å²) in [5, 5.41) is 18.1. The van der Waals surface area contributed by atoms with Gasteiger partial charge in [0.15, 0.2) is 0 Å². The summed E-state index contributed by atoms with van der Waals surface area (Å²) < 4.78 is 5.35. The van der Waals surface area contributed by atoms with Crippen molar-refractivity contribution in [3.63, 3.8) is 0 Å². The third-order valence-corrected chi connectivity index (χ3v) is 3.69. The first-order valence-corrected chi connectivity index (χ1v) is 7.16. The molecule has 0 aliphatic carbocycles. The van der Waals surface area contributed by atoms with Gasteiger partial charge in [0.2, 0.25) is 0 Å². The van der Waals surface area contributed by atoms with Crippen molar-refractivity contribution < 1.29 is 24.5 Å². The summed E-state index contributed by atoms with van der Waals surface area (Å²) in [5.41, 5.74) is 2.51. The molecule has 0 spiro atoms. The maximum atomic E-state index is 11.1. The van der Waals surface area contributed by atoms with E-state index in [4.69, 9.17) is 14.9 Å². The predicted octanol–water partition coefficient (Wildman–Crippen LogP) is 3.64. The summed E-state index contributed by atoms with van der Waals surface area (Å²) in [6.45, 7) is 1.84. The molecule has 5 heteroatoms. The lowest BCUT2D eigenvalue weighted by molar-refractivity contribution is -0.137. The van der Waals surface area contributed by atoms with E-state index in [1.165, 1.54) is 6.07 Å². The first kappa shape index (κ1) is 16.5. The van der Waals surface area contributed by atoms with Gasteiger partial charge in [-0.15, -0.1) is 0 Å². The van der Waals surface area contributed by atoms with Gasteiger partial charge >= 0.3 is 11.9 Å². The fraction of sp³-hybridized carbons (Fsp3) is 0.222. The van der Waals surface area contributed by atoms with Gasteiger partial charge in [-0.1, -0.05) is 25.1 Å². The normalized spacial score (nSPS) is 11.7. The van der Waals surface area contributed by atoms with E-state index in [-0.39, 0.29) is 17.9 Å². The van der Waals surface area contributed by atoms with Crippen LogP contribution in [0.2, 0.25) is 0 Å². The molecule has 0 radical (unpaired) electrons. The van der Waals surface area contributed by atoms with Crippen molar-refractivity contribution in [2.75, 3.05) is 7.11 Å². The standard InChI is InChI=1S/C18H18O5/c1-11(8-17(19)20)12-6-7-16(23-2)15(10-12)13-4-3-5-14(9-13)18(21)22/h3-7,9-11H,8H2,1-2H3,(H,19,20)(H,21,22). The van der Waals surface area contributed by atoms with Crippen molar-refractivity contribution in [3.8, 4) is 16.9 Å². The monoisotopic (exact) mass is 314 g/mol. The van der Waals surface area contributed by atoms with Gasteiger partial charge in [0.25, 0.3) is 0 Å². The third-order valence-electron chi connectivity index (χ3n) is 3.69. The molecule has 0 bridgehead atoms. The molecule has 0 saturated heterocycles. The largest absolute Gasteiger partial charge is 0.496 e. The fourth-order valence-corrected chi connectivity index (χ4v) is 2.46. The lowest BCUT2D eigenvalue weighted by atomic mass is 9.93. The highest BCUT2D eigenvalue weighted by atomic mass is 16.5. The molecule has 0 fully saturated rings. The average Bonchev–Trinajstić information content (AvgIpc) is 2.53. The number of hydrogen-bond donors (Lipinski definition) is 2. The second kappa shape index (κ2) is 6.96. The Morgan fingerprint density at radius 2 is 1.87 bits per heavy atom. The molecule has 2 rings (SSSR count). The Morgan fingerprint density at radius 3 is 2.48 bits per heavy atom. The number of benzene rings is 2. The Balaban J connectivity index is 2.49. The van der Waals surface area contributed by atoms with E-state index in [1.807, 2.05) is 19.1 Å². The molecule has 23 heavy (non-hydrogen) atoms. The van der Waals surface area contributed by atoms with Gasteiger partial charge in [0.05, 0.1) is 19.1 Å². The first-order chi connectivity index (χ1) is 10.9. The molecule has 2 aromatic rings. The van der Waals surface area contributed by atoms with Gasteiger partial charge in [-0.3, -0.25) is 4.79 Å². The maximum absolute atomic E-state index is 11.1. The quantitative estimate of drug-likeness (QED) is 0.850. The van der Waals surface area contributed by atoms with Crippen molar-refractivity contribution in [2.24, 2.45) is 0 Å². The van der Waals surface area contributed by atoms with Crippen molar-refractivity contribution in [2.45, 2.75) is 19.3 Å². The summed E-state index contributed by atoms with van der Waals surface area (Å²) in [5.74, 6) is -1.40. The molecule has 2 aromatic carbocycles. The van der Waals surface area contributed by atoms with E-state index >= 15 is 0 Å². The van der Waals surface area contributed by atoms with Crippen LogP contribution in [0.15, 0.2) is 42.5 Å². The molecule has 2 N–H and O–H groups in total. The van der Waals surface area contributed by atoms with Crippen molar-refractivity contribution in [1.29, 1.82) is 0 Å². The van der Waals surface area contributed by atoms with Crippen LogP contribution in [0.3, 0.4) is 0 Å². The van der Waals surface area contributed by atoms with Crippen LogP contribution in [0.5, 0.6) is 5.75 Å². The molecule has 0 aliphatic heterocycles. The number of carboxylic acids is 2. The number of rotatable bonds is 6. The van der Waals surface area contributed by atoms with E-state index in [1.54, 1.807) is 31.4 Å². The van der Waals surface area contributed by atoms with Gasteiger partial charge in [-0.05, 0) is 41.3 Å². The molecule has 0 heterocycles. The van der Waals surface area contributed by atoms with Crippen LogP contribution < -0.4 is 4.74 Å². The topological polar surface area (TPSA) is 83.8 Å². The van der Waals surface area contributed by atoms with Crippen molar-refractivity contribution in [1.82, 2.24) is 0 Å². The minimum Gasteiger partial charge on any atom is -0.496 e. The predicted molar refractivity (Wildman–Crippen MR) is 86.1 cm³/mol. The number of carboxylic acid groups (broad SMARTS) is 2. The number of carbonyl (C=O) groups is 2. The molecule has 1 unspecified atom stereocenters. The molecule has 0 amide bonds. The Labute approximate surface area is 134 Å². The van der Waals surface area contributed by atoms with E-state index in [0.29, 0.717) is 11.3 Å². The smallest absolute Gasteiger partial charge is 0.335 e. The van der Waals surface area contributed by atoms with Crippen LogP contribution in [0, 0.1) is 0 Å². The molecule has 0 aliphatic rings. The van der Waals surface area contributed by atoms with Gasteiger partial charge in [-0.2, -0.15) is 0 Å². The molecular formula is C18H18O5. The van der Waals surface area contributed by atoms with Crippen LogP contribution in [0.1, 0.15) is 35.2 Å². The maximum Gasteiger partial charge on any atom is 0.335 e. The van der Waals surface area contributed by atoms with Crippen LogP contribution in [0.25, 0.3) is 11.1 Å². The summed E-state index contributed by atoms with van der Waals surface area (Å²) in [4.78, 5) is 22.0. The van der Waals surface area contributed by atoms with Gasteiger partial charge in [0.1, 0.15) is 5.75 Å². The fourth-order valence-electron chi connectivity index (χ4n) is 2.46. The Bertz CT molecular complexity index is 736. The van der Waals surface area contributed by atoms with E-state index in [2.05, 4.69) is 0 Å². The van der Waals surface area contributed by atoms with E-state index in [9.17, 15) is 9.59 Å². The zero-order valence-corrected chi connectivity index (χ0v) is 12.9. The van der Waals surface area contributed by atoms with Gasteiger partial charge in [-0.25, -0.2) is 4.79 Å². The zero-order valence-electron chi connectivity index (χ0n) is 12.9. The second-order valence-electron chi connectivity index (χ2n) is 5.34. The summed E-state index contributed by atoms with van der Waals surface area (Å²) in [6, 6.07) is 12.0. The number of aromatic carboxylic acids is 1. The molecule has 0 saturated carbocycles. The van der Waals surface area contributed by atoms with Crippen LogP contribution in [-0.2, 0) is 4.79 Å². The van der Waals surface area contributed by atoms with E-state index in [0.717, 1.165) is 11.1 Å². The Morgan fingerprint density at radius 1 is 1.13 bits per heavy atom. The molecule has 5 nitrogen and oxygen atoms in total. The number of ether oxygens (including phenoxy) is 1. The van der Waals surface area contributed by atoms with Crippen LogP contribution in [-0.4, -0.2) is 29.3 Å². The highest BCUT2D eigenvalue weighted by molar-refractivity contribution is 5.89. The van der Waals surface area contributed by atoms with Crippen molar-refractivity contribution >= 4 is 11.9 Å². The summed E-state index contributed by atoms with van der Waals surface area (Å²) in [7, 11) is 1.54. The van der Waals surface area contributed by atoms with Crippen LogP contribution >= 0.6 is 0 Å². The molecular weight excluding hydrogens is 296 g/mol. The molecule has 1 atom stereocenters. The number of methoxy groups -OCH3 is 1. The minimum absolute atomic E-state index is 0.0287. The molecule has 120 valence electrons. The summed E-state index contributed by atoms with van der Waals surface area (Å²) in [6.07, 6.45) is 0.0287. The Hall–Kier alpha value is -2.82. The van der Waals surface area contributed by atoms with Gasteiger partial charge in [0, 0.05) is 5.56 Å². The van der Waals surface area contributed by atoms with Crippen LogP contribution in [0.4, 0.5) is 0 Å². The van der Waals surface area contributed by atoms with E-state index < -0.39 is 11.9 Å². The third kappa shape index (κ3) is 3.88. The molecule has 0 aromatic heterocycles. The first-order valence-electron chi connectivity index (χ1n) is 7.16. The lowest BCUT2D eigenvalue weighted by Gasteiger charge is -2.15. The second-order valence-corrected chi connectivity index (χ2v) is 5.34. The minimum atomic E-state index is -0.999. The summed E-state index contributed by atoms with van der Waals surface area (Å²) >= 11 is 0. The SMILES string of the molecule is COc1ccc(C(C)CC(=O)O)cc1-c1cccc(C(=O)O)c1. The van der Waals surface area contributed by atoms with Crippen molar-refractivity contribution in [3.05, 3.63) is 53.6 Å².